The summed E-state index contributed by atoms with van der Waals surface area (Å²) in [5.74, 6) is -0.367. The Labute approximate surface area is 160 Å². The van der Waals surface area contributed by atoms with Gasteiger partial charge in [-0.1, -0.05) is 30.3 Å². The van der Waals surface area contributed by atoms with Crippen molar-refractivity contribution >= 4 is 29.9 Å². The first-order valence-electron chi connectivity index (χ1n) is 8.38. The number of nitrogens with two attached hydrogens (primary N) is 1. The van der Waals surface area contributed by atoms with Gasteiger partial charge >= 0.3 is 0 Å². The van der Waals surface area contributed by atoms with Crippen LogP contribution in [-0.2, 0) is 11.2 Å². The summed E-state index contributed by atoms with van der Waals surface area (Å²) in [4.78, 5) is 24.4. The van der Waals surface area contributed by atoms with E-state index < -0.39 is 6.04 Å². The van der Waals surface area contributed by atoms with Gasteiger partial charge in [-0.2, -0.15) is 0 Å². The van der Waals surface area contributed by atoms with Crippen LogP contribution in [0.25, 0.3) is 0 Å². The van der Waals surface area contributed by atoms with Crippen molar-refractivity contribution in [2.24, 2.45) is 5.73 Å². The quantitative estimate of drug-likeness (QED) is 0.725. The topological polar surface area (TPSA) is 84.2 Å². The summed E-state index contributed by atoms with van der Waals surface area (Å²) in [6.45, 7) is 5.67. The first-order valence-corrected chi connectivity index (χ1v) is 8.38. The van der Waals surface area contributed by atoms with Crippen LogP contribution in [0.15, 0.2) is 48.5 Å². The van der Waals surface area contributed by atoms with E-state index in [1.54, 1.807) is 18.2 Å². The number of carbonyl (C=O) groups is 2. The molecule has 6 heteroatoms. The molecule has 5 nitrogen and oxygen atoms in total. The Bertz CT molecular complexity index is 748. The molecule has 0 saturated heterocycles. The van der Waals surface area contributed by atoms with Gasteiger partial charge in [-0.25, -0.2) is 0 Å². The van der Waals surface area contributed by atoms with Gasteiger partial charge in [-0.15, -0.1) is 12.4 Å². The van der Waals surface area contributed by atoms with Crippen LogP contribution in [0.5, 0.6) is 0 Å². The highest BCUT2D eigenvalue weighted by atomic mass is 35.5. The smallest absolute Gasteiger partial charge is 0.251 e. The molecule has 0 radical (unpaired) electrons. The van der Waals surface area contributed by atoms with Crippen molar-refractivity contribution in [3.05, 3.63) is 65.2 Å². The van der Waals surface area contributed by atoms with E-state index in [0.29, 0.717) is 17.7 Å². The van der Waals surface area contributed by atoms with E-state index in [1.165, 1.54) is 0 Å². The monoisotopic (exact) mass is 375 g/mol. The Hall–Kier alpha value is -2.37. The normalized spacial score (nSPS) is 11.4. The number of aryl methyl sites for hydroxylation is 1. The van der Waals surface area contributed by atoms with Gasteiger partial charge in [0.25, 0.3) is 5.91 Å². The lowest BCUT2D eigenvalue weighted by atomic mass is 10.0. The van der Waals surface area contributed by atoms with Crippen molar-refractivity contribution in [1.29, 1.82) is 0 Å². The summed E-state index contributed by atoms with van der Waals surface area (Å²) in [7, 11) is 0. The maximum Gasteiger partial charge on any atom is 0.251 e. The van der Waals surface area contributed by atoms with Crippen LogP contribution in [0, 0.1) is 6.92 Å². The van der Waals surface area contributed by atoms with Gasteiger partial charge in [0.15, 0.2) is 0 Å². The minimum atomic E-state index is -0.633. The summed E-state index contributed by atoms with van der Waals surface area (Å²) in [6.07, 6.45) is 0.473. The first kappa shape index (κ1) is 21.7. The van der Waals surface area contributed by atoms with Crippen molar-refractivity contribution in [1.82, 2.24) is 5.32 Å². The highest BCUT2D eigenvalue weighted by Gasteiger charge is 2.16. The third-order valence-corrected chi connectivity index (χ3v) is 3.79. The molecule has 0 aliphatic heterocycles. The largest absolute Gasteiger partial charge is 0.350 e. The van der Waals surface area contributed by atoms with E-state index >= 15 is 0 Å². The average molecular weight is 376 g/mol. The maximum atomic E-state index is 12.3. The van der Waals surface area contributed by atoms with Gasteiger partial charge < -0.3 is 16.4 Å². The van der Waals surface area contributed by atoms with Crippen LogP contribution in [0.4, 0.5) is 5.69 Å². The number of anilines is 1. The molecule has 2 amide bonds. The van der Waals surface area contributed by atoms with E-state index in [9.17, 15) is 9.59 Å². The van der Waals surface area contributed by atoms with E-state index in [-0.39, 0.29) is 30.3 Å². The van der Waals surface area contributed by atoms with Crippen LogP contribution in [-0.4, -0.2) is 23.9 Å². The Balaban J connectivity index is 0.00000338. The van der Waals surface area contributed by atoms with Crippen molar-refractivity contribution < 1.29 is 9.59 Å². The minimum absolute atomic E-state index is 0. The average Bonchev–Trinajstić information content (AvgIpc) is 2.55. The molecule has 2 aromatic carbocycles. The minimum Gasteiger partial charge on any atom is -0.350 e. The van der Waals surface area contributed by atoms with Crippen LogP contribution in [0.3, 0.4) is 0 Å². The number of hydrogen-bond donors (Lipinski definition) is 3. The number of rotatable bonds is 6. The molecule has 0 unspecified atom stereocenters. The zero-order valence-corrected chi connectivity index (χ0v) is 16.1. The molecule has 0 aliphatic carbocycles. The molecule has 26 heavy (non-hydrogen) atoms. The second kappa shape index (κ2) is 9.94. The van der Waals surface area contributed by atoms with Gasteiger partial charge in [-0.05, 0) is 56.5 Å². The lowest BCUT2D eigenvalue weighted by molar-refractivity contribution is -0.117. The van der Waals surface area contributed by atoms with Crippen molar-refractivity contribution in [2.75, 3.05) is 5.32 Å². The molecule has 4 N–H and O–H groups in total. The third kappa shape index (κ3) is 6.17. The lowest BCUT2D eigenvalue weighted by Crippen LogP contribution is -2.37. The van der Waals surface area contributed by atoms with Crippen molar-refractivity contribution in [3.8, 4) is 0 Å². The molecule has 2 aromatic rings. The second-order valence-electron chi connectivity index (χ2n) is 6.44. The van der Waals surface area contributed by atoms with Crippen LogP contribution in [0.2, 0.25) is 0 Å². The molecule has 1 atom stereocenters. The van der Waals surface area contributed by atoms with Gasteiger partial charge in [-0.3, -0.25) is 9.59 Å². The fraction of sp³-hybridized carbons (Fsp3) is 0.300. The van der Waals surface area contributed by atoms with Gasteiger partial charge in [0.05, 0.1) is 6.04 Å². The number of benzene rings is 2. The second-order valence-corrected chi connectivity index (χ2v) is 6.44. The van der Waals surface area contributed by atoms with Gasteiger partial charge in [0, 0.05) is 17.3 Å². The Kier molecular flexibility index (Phi) is 8.29. The zero-order chi connectivity index (χ0) is 18.4. The predicted molar refractivity (Wildman–Crippen MR) is 108 cm³/mol. The van der Waals surface area contributed by atoms with Gasteiger partial charge in [0.1, 0.15) is 0 Å². The summed E-state index contributed by atoms with van der Waals surface area (Å²) >= 11 is 0. The lowest BCUT2D eigenvalue weighted by Gasteiger charge is -2.14. The molecule has 2 rings (SSSR count). The number of hydrogen-bond acceptors (Lipinski definition) is 3. The first-order chi connectivity index (χ1) is 11.9. The maximum absolute atomic E-state index is 12.3. The van der Waals surface area contributed by atoms with E-state index in [1.807, 2.05) is 51.1 Å². The third-order valence-electron chi connectivity index (χ3n) is 3.79. The molecule has 0 bridgehead atoms. The van der Waals surface area contributed by atoms with Crippen molar-refractivity contribution in [2.45, 2.75) is 39.3 Å². The highest BCUT2D eigenvalue weighted by Crippen LogP contribution is 2.16. The number of amides is 2. The number of halogens is 1. The Morgan fingerprint density at radius 1 is 1.08 bits per heavy atom. The molecule has 0 fully saturated rings. The Morgan fingerprint density at radius 2 is 1.73 bits per heavy atom. The standard InChI is InChI=1S/C20H25N3O2.ClH/c1-13(2)22-19(24)17-10-9-16(11-14(17)3)23-20(25)18(21)12-15-7-5-4-6-8-15;/h4-11,13,18H,12,21H2,1-3H3,(H,22,24)(H,23,25);1H/t18-;/m0./s1. The molecular formula is C20H26ClN3O2. The van der Waals surface area contributed by atoms with Crippen LogP contribution in [0.1, 0.15) is 35.3 Å². The number of nitrogens with one attached hydrogen (secondary N) is 2. The molecule has 0 aromatic heterocycles. The fourth-order valence-electron chi connectivity index (χ4n) is 2.53. The van der Waals surface area contributed by atoms with E-state index in [4.69, 9.17) is 5.73 Å². The molecular weight excluding hydrogens is 350 g/mol. The highest BCUT2D eigenvalue weighted by molar-refractivity contribution is 5.98. The van der Waals surface area contributed by atoms with Crippen LogP contribution < -0.4 is 16.4 Å². The predicted octanol–water partition coefficient (Wildman–Crippen LogP) is 3.06. The molecule has 0 aliphatic rings. The summed E-state index contributed by atoms with van der Waals surface area (Å²) in [6, 6.07) is 14.3. The van der Waals surface area contributed by atoms with Gasteiger partial charge in [0.2, 0.25) is 5.91 Å². The Morgan fingerprint density at radius 3 is 2.31 bits per heavy atom. The van der Waals surface area contributed by atoms with E-state index in [0.717, 1.165) is 11.1 Å². The molecule has 140 valence electrons. The zero-order valence-electron chi connectivity index (χ0n) is 15.3. The summed E-state index contributed by atoms with van der Waals surface area (Å²) in [5, 5.41) is 5.67. The molecule has 0 spiro atoms. The molecule has 0 saturated carbocycles. The van der Waals surface area contributed by atoms with Crippen molar-refractivity contribution in [3.63, 3.8) is 0 Å². The fourth-order valence-corrected chi connectivity index (χ4v) is 2.53. The SMILES string of the molecule is Cc1cc(NC(=O)[C@@H](N)Cc2ccccc2)ccc1C(=O)NC(C)C.Cl. The van der Waals surface area contributed by atoms with E-state index in [2.05, 4.69) is 10.6 Å². The van der Waals surface area contributed by atoms with Crippen LogP contribution >= 0.6 is 12.4 Å². The molecule has 0 heterocycles. The summed E-state index contributed by atoms with van der Waals surface area (Å²) in [5.41, 5.74) is 9.04. The number of carbonyl (C=O) groups excluding carboxylic acids is 2. The summed E-state index contributed by atoms with van der Waals surface area (Å²) < 4.78 is 0.